The van der Waals surface area contributed by atoms with Crippen LogP contribution < -0.4 is 0 Å². The summed E-state index contributed by atoms with van der Waals surface area (Å²) in [6.07, 6.45) is 1.57. The zero-order valence-corrected chi connectivity index (χ0v) is 13.3. The average molecular weight is 332 g/mol. The molecule has 0 saturated carbocycles. The van der Waals surface area contributed by atoms with Gasteiger partial charge in [-0.3, -0.25) is 9.48 Å². The number of rotatable bonds is 3. The molecule has 4 aromatic rings. The molecule has 2 aromatic heterocycles. The van der Waals surface area contributed by atoms with E-state index in [1.807, 2.05) is 30.3 Å². The first-order valence-electron chi connectivity index (χ1n) is 7.69. The Morgan fingerprint density at radius 1 is 1.00 bits per heavy atom. The molecule has 0 amide bonds. The second-order valence-corrected chi connectivity index (χ2v) is 5.60. The van der Waals surface area contributed by atoms with E-state index in [4.69, 9.17) is 0 Å². The van der Waals surface area contributed by atoms with Crippen molar-refractivity contribution in [2.45, 2.75) is 0 Å². The molecule has 0 aliphatic carbocycles. The van der Waals surface area contributed by atoms with E-state index in [9.17, 15) is 9.18 Å². The fourth-order valence-electron chi connectivity index (χ4n) is 2.65. The van der Waals surface area contributed by atoms with Crippen LogP contribution in [0.2, 0.25) is 0 Å². The lowest BCUT2D eigenvalue weighted by Crippen LogP contribution is -2.08. The molecule has 122 valence electrons. The van der Waals surface area contributed by atoms with Gasteiger partial charge in [0.2, 0.25) is 5.78 Å². The van der Waals surface area contributed by atoms with E-state index in [1.165, 1.54) is 24.3 Å². The molecule has 5 nitrogen and oxygen atoms in total. The molecule has 0 bridgehead atoms. The van der Waals surface area contributed by atoms with Crippen molar-refractivity contribution >= 4 is 16.8 Å². The Labute approximate surface area is 142 Å². The quantitative estimate of drug-likeness (QED) is 0.540. The molecule has 0 aliphatic rings. The Balaban J connectivity index is 1.93. The Morgan fingerprint density at radius 2 is 1.72 bits per heavy atom. The number of aryl methyl sites for hydroxylation is 1. The predicted octanol–water partition coefficient (Wildman–Crippen LogP) is 3.40. The highest BCUT2D eigenvalue weighted by molar-refractivity contribution is 6.14. The van der Waals surface area contributed by atoms with Crippen LogP contribution in [0.25, 0.3) is 22.4 Å². The molecular weight excluding hydrogens is 319 g/mol. The van der Waals surface area contributed by atoms with E-state index in [1.54, 1.807) is 17.9 Å². The zero-order valence-electron chi connectivity index (χ0n) is 13.3. The Morgan fingerprint density at radius 3 is 2.44 bits per heavy atom. The molecule has 0 unspecified atom stereocenters. The second kappa shape index (κ2) is 5.90. The number of halogens is 1. The summed E-state index contributed by atoms with van der Waals surface area (Å²) in [4.78, 5) is 21.9. The van der Waals surface area contributed by atoms with E-state index in [0.29, 0.717) is 22.4 Å². The number of nitrogens with zero attached hydrogens (tertiary/aromatic N) is 4. The van der Waals surface area contributed by atoms with E-state index in [2.05, 4.69) is 15.1 Å². The van der Waals surface area contributed by atoms with Crippen molar-refractivity contribution in [3.8, 4) is 11.4 Å². The van der Waals surface area contributed by atoms with Gasteiger partial charge in [-0.2, -0.15) is 5.10 Å². The van der Waals surface area contributed by atoms with Gasteiger partial charge in [-0.05, 0) is 24.3 Å². The lowest BCUT2D eigenvalue weighted by molar-refractivity contribution is 0.103. The standard InChI is InChI=1S/C19H13FN4O/c1-24-19-15(11-21-24)16(17(25)12-7-9-14(20)10-8-12)22-18(23-19)13-5-3-2-4-6-13/h2-11H,1H3. The van der Waals surface area contributed by atoms with E-state index in [-0.39, 0.29) is 11.5 Å². The third-order valence-electron chi connectivity index (χ3n) is 3.95. The third kappa shape index (κ3) is 2.67. The highest BCUT2D eigenvalue weighted by Crippen LogP contribution is 2.23. The highest BCUT2D eigenvalue weighted by Gasteiger charge is 2.19. The first-order chi connectivity index (χ1) is 12.1. The molecule has 0 aliphatic heterocycles. The number of hydrogen-bond acceptors (Lipinski definition) is 4. The summed E-state index contributed by atoms with van der Waals surface area (Å²) in [6.45, 7) is 0. The van der Waals surface area contributed by atoms with Gasteiger partial charge in [-0.1, -0.05) is 30.3 Å². The number of fused-ring (bicyclic) bond motifs is 1. The van der Waals surface area contributed by atoms with E-state index >= 15 is 0 Å². The number of hydrogen-bond donors (Lipinski definition) is 0. The molecule has 4 rings (SSSR count). The lowest BCUT2D eigenvalue weighted by atomic mass is 10.1. The van der Waals surface area contributed by atoms with Crippen LogP contribution in [-0.4, -0.2) is 25.5 Å². The summed E-state index contributed by atoms with van der Waals surface area (Å²) in [5.41, 5.74) is 1.99. The number of benzene rings is 2. The SMILES string of the molecule is Cn1ncc2c(C(=O)c3ccc(F)cc3)nc(-c3ccccc3)nc21. The molecule has 0 spiro atoms. The van der Waals surface area contributed by atoms with Gasteiger partial charge >= 0.3 is 0 Å². The Bertz CT molecular complexity index is 1070. The monoisotopic (exact) mass is 332 g/mol. The molecule has 0 saturated heterocycles. The van der Waals surface area contributed by atoms with Gasteiger partial charge in [0.15, 0.2) is 11.5 Å². The van der Waals surface area contributed by atoms with Crippen molar-refractivity contribution in [3.63, 3.8) is 0 Å². The molecule has 0 fully saturated rings. The van der Waals surface area contributed by atoms with Crippen molar-refractivity contribution in [1.82, 2.24) is 19.7 Å². The molecule has 25 heavy (non-hydrogen) atoms. The first-order valence-corrected chi connectivity index (χ1v) is 7.69. The van der Waals surface area contributed by atoms with Crippen molar-refractivity contribution in [1.29, 1.82) is 0 Å². The van der Waals surface area contributed by atoms with Gasteiger partial charge in [0.05, 0.1) is 11.6 Å². The fourth-order valence-corrected chi connectivity index (χ4v) is 2.65. The van der Waals surface area contributed by atoms with Gasteiger partial charge in [-0.25, -0.2) is 14.4 Å². The average Bonchev–Trinajstić information content (AvgIpc) is 3.03. The topological polar surface area (TPSA) is 60.7 Å². The number of aromatic nitrogens is 4. The normalized spacial score (nSPS) is 11.0. The predicted molar refractivity (Wildman–Crippen MR) is 91.6 cm³/mol. The van der Waals surface area contributed by atoms with Crippen LogP contribution in [0.1, 0.15) is 16.1 Å². The van der Waals surface area contributed by atoms with Gasteiger partial charge in [0.1, 0.15) is 11.5 Å². The minimum Gasteiger partial charge on any atom is -0.287 e. The zero-order chi connectivity index (χ0) is 17.4. The lowest BCUT2D eigenvalue weighted by Gasteiger charge is -2.06. The van der Waals surface area contributed by atoms with Crippen LogP contribution in [0.4, 0.5) is 4.39 Å². The van der Waals surface area contributed by atoms with Crippen LogP contribution in [0.15, 0.2) is 60.8 Å². The van der Waals surface area contributed by atoms with Crippen LogP contribution in [0.5, 0.6) is 0 Å². The van der Waals surface area contributed by atoms with Gasteiger partial charge in [0.25, 0.3) is 0 Å². The number of ketones is 1. The van der Waals surface area contributed by atoms with Crippen molar-refractivity contribution < 1.29 is 9.18 Å². The molecule has 6 heteroatoms. The molecule has 2 aromatic carbocycles. The highest BCUT2D eigenvalue weighted by atomic mass is 19.1. The van der Waals surface area contributed by atoms with Crippen LogP contribution >= 0.6 is 0 Å². The Kier molecular flexibility index (Phi) is 3.57. The van der Waals surface area contributed by atoms with Crippen LogP contribution in [0, 0.1) is 5.82 Å². The maximum atomic E-state index is 13.1. The summed E-state index contributed by atoms with van der Waals surface area (Å²) < 4.78 is 14.7. The first kappa shape index (κ1) is 15.1. The largest absolute Gasteiger partial charge is 0.287 e. The summed E-state index contributed by atoms with van der Waals surface area (Å²) in [5, 5.41) is 4.75. The minimum absolute atomic E-state index is 0.253. The van der Waals surface area contributed by atoms with Crippen LogP contribution in [-0.2, 0) is 7.05 Å². The summed E-state index contributed by atoms with van der Waals surface area (Å²) in [7, 11) is 1.76. The maximum Gasteiger partial charge on any atom is 0.212 e. The Hall–Kier alpha value is -3.41. The number of carbonyl (C=O) groups is 1. The van der Waals surface area contributed by atoms with Gasteiger partial charge in [0, 0.05) is 18.2 Å². The number of carbonyl (C=O) groups excluding carboxylic acids is 1. The van der Waals surface area contributed by atoms with E-state index < -0.39 is 5.82 Å². The van der Waals surface area contributed by atoms with Gasteiger partial charge in [-0.15, -0.1) is 0 Å². The van der Waals surface area contributed by atoms with Crippen LogP contribution in [0.3, 0.4) is 0 Å². The molecular formula is C19H13FN4O. The van der Waals surface area contributed by atoms with E-state index in [0.717, 1.165) is 5.56 Å². The van der Waals surface area contributed by atoms with Crippen molar-refractivity contribution in [2.75, 3.05) is 0 Å². The summed E-state index contributed by atoms with van der Waals surface area (Å²) >= 11 is 0. The van der Waals surface area contributed by atoms with Crippen molar-refractivity contribution in [2.24, 2.45) is 7.05 Å². The maximum absolute atomic E-state index is 13.1. The minimum atomic E-state index is -0.393. The smallest absolute Gasteiger partial charge is 0.212 e. The summed E-state index contributed by atoms with van der Waals surface area (Å²) in [6, 6.07) is 14.8. The summed E-state index contributed by atoms with van der Waals surface area (Å²) in [5.74, 6) is -0.240. The molecule has 0 N–H and O–H groups in total. The van der Waals surface area contributed by atoms with Gasteiger partial charge < -0.3 is 0 Å². The second-order valence-electron chi connectivity index (χ2n) is 5.60. The molecule has 0 radical (unpaired) electrons. The third-order valence-corrected chi connectivity index (χ3v) is 3.95. The molecule has 2 heterocycles. The molecule has 0 atom stereocenters. The fraction of sp³-hybridized carbons (Fsp3) is 0.0526. The van der Waals surface area contributed by atoms with Crippen molar-refractivity contribution in [3.05, 3.63) is 77.9 Å².